The van der Waals surface area contributed by atoms with Gasteiger partial charge < -0.3 is 14.5 Å². The lowest BCUT2D eigenvalue weighted by Gasteiger charge is -2.23. The predicted octanol–water partition coefficient (Wildman–Crippen LogP) is 4.81. The van der Waals surface area contributed by atoms with Crippen molar-refractivity contribution in [3.05, 3.63) is 48.0 Å². The van der Waals surface area contributed by atoms with E-state index in [1.165, 1.54) is 6.07 Å². The van der Waals surface area contributed by atoms with E-state index < -0.39 is 50.9 Å². The summed E-state index contributed by atoms with van der Waals surface area (Å²) in [5, 5.41) is 2.69. The van der Waals surface area contributed by atoms with Gasteiger partial charge in [-0.2, -0.15) is 22.0 Å². The Hall–Kier alpha value is -3.55. The molecule has 0 fully saturated rings. The molecule has 0 saturated carbocycles. The second-order valence-corrected chi connectivity index (χ2v) is 8.53. The number of para-hydroxylation sites is 1. The van der Waals surface area contributed by atoms with Gasteiger partial charge in [0.05, 0.1) is 24.7 Å². The molecule has 33 heavy (non-hydrogen) atoms. The lowest BCUT2D eigenvalue weighted by atomic mass is 10.1. The summed E-state index contributed by atoms with van der Waals surface area (Å²) in [4.78, 5) is 15.1. The first-order chi connectivity index (χ1) is 15.2. The molecule has 8 nitrogen and oxygen atoms in total. The minimum Gasteiger partial charge on any atom is -0.492 e. The summed E-state index contributed by atoms with van der Waals surface area (Å²) in [6.45, 7) is 0. The molecular weight excluding hydrogens is 477 g/mol. The van der Waals surface area contributed by atoms with Gasteiger partial charge >= 0.3 is 18.2 Å². The molecule has 178 valence electrons. The number of ether oxygens (including phenoxy) is 2. The van der Waals surface area contributed by atoms with Gasteiger partial charge in [-0.1, -0.05) is 18.2 Å². The topological polar surface area (TPSA) is 110 Å². The maximum absolute atomic E-state index is 14.0. The molecule has 3 rings (SSSR count). The van der Waals surface area contributed by atoms with Crippen LogP contribution in [-0.4, -0.2) is 39.0 Å². The molecule has 0 radical (unpaired) electrons. The van der Waals surface area contributed by atoms with Gasteiger partial charge in [-0.15, -0.1) is 0 Å². The van der Waals surface area contributed by atoms with Crippen molar-refractivity contribution < 1.29 is 44.6 Å². The van der Waals surface area contributed by atoms with Crippen LogP contribution in [0, 0.1) is 0 Å². The fraction of sp³-hybridized carbons (Fsp3) is 0.211. The number of sulfonamides is 1. The van der Waals surface area contributed by atoms with E-state index in [-0.39, 0.29) is 11.9 Å². The van der Waals surface area contributed by atoms with E-state index >= 15 is 0 Å². The molecule has 0 aliphatic carbocycles. The number of alkyl halides is 5. The Morgan fingerprint density at radius 2 is 1.67 bits per heavy atom. The molecule has 0 unspecified atom stereocenters. The van der Waals surface area contributed by atoms with E-state index in [1.807, 2.05) is 5.32 Å². The summed E-state index contributed by atoms with van der Waals surface area (Å²) < 4.78 is 102. The van der Waals surface area contributed by atoms with Gasteiger partial charge in [-0.25, -0.2) is 13.2 Å². The number of anilines is 2. The number of hydrogen-bond donors (Lipinski definition) is 3. The van der Waals surface area contributed by atoms with Crippen LogP contribution in [-0.2, 0) is 15.9 Å². The van der Waals surface area contributed by atoms with Crippen molar-refractivity contribution in [2.75, 3.05) is 23.4 Å². The third-order valence-electron chi connectivity index (χ3n) is 4.25. The van der Waals surface area contributed by atoms with Crippen LogP contribution in [0.25, 0.3) is 10.9 Å². The van der Waals surface area contributed by atoms with Gasteiger partial charge in [0.2, 0.25) is 15.9 Å². The van der Waals surface area contributed by atoms with Crippen LogP contribution in [0.2, 0.25) is 0 Å². The molecule has 0 aliphatic rings. The standard InChI is InChI=1S/C19H16F5N3O5S/c1-31-16-13(26-17(28)32-15-7-10-5-3-4-6-12(10)25-15)8-11(18(20,21)19(22,23)24)9-14(16)27-33(2,29)30/h3-9,25,27H,1-2H3,(H,26,28). The Balaban J connectivity index is 2.01. The van der Waals surface area contributed by atoms with Crippen molar-refractivity contribution in [1.82, 2.24) is 4.98 Å². The minimum absolute atomic E-state index is 0.0427. The quantitative estimate of drug-likeness (QED) is 0.427. The fourth-order valence-corrected chi connectivity index (χ4v) is 3.45. The van der Waals surface area contributed by atoms with Gasteiger partial charge in [0.1, 0.15) is 0 Å². The highest BCUT2D eigenvalue weighted by Gasteiger charge is 2.59. The summed E-state index contributed by atoms with van der Waals surface area (Å²) in [7, 11) is -3.12. The van der Waals surface area contributed by atoms with Gasteiger partial charge in [0, 0.05) is 22.5 Å². The number of H-pyrrole nitrogens is 1. The molecule has 3 N–H and O–H groups in total. The average molecular weight is 493 g/mol. The minimum atomic E-state index is -5.99. The monoisotopic (exact) mass is 493 g/mol. The zero-order valence-corrected chi connectivity index (χ0v) is 17.7. The zero-order valence-electron chi connectivity index (χ0n) is 16.9. The van der Waals surface area contributed by atoms with E-state index in [1.54, 1.807) is 29.0 Å². The number of methoxy groups -OCH3 is 1. The van der Waals surface area contributed by atoms with E-state index in [0.717, 1.165) is 7.11 Å². The van der Waals surface area contributed by atoms with Crippen LogP contribution in [0.4, 0.5) is 38.1 Å². The number of carbonyl (C=O) groups excluding carboxylic acids is 1. The number of benzene rings is 2. The normalized spacial score (nSPS) is 12.5. The SMILES string of the molecule is COc1c(NC(=O)Oc2cc3ccccc3[nH]2)cc(C(F)(F)C(F)(F)F)cc1NS(C)(=O)=O. The number of carbonyl (C=O) groups is 1. The summed E-state index contributed by atoms with van der Waals surface area (Å²) in [5.74, 6) is -5.93. The average Bonchev–Trinajstić information content (AvgIpc) is 3.07. The number of nitrogens with one attached hydrogen (secondary N) is 3. The smallest absolute Gasteiger partial charge is 0.458 e. The van der Waals surface area contributed by atoms with Crippen molar-refractivity contribution in [3.63, 3.8) is 0 Å². The lowest BCUT2D eigenvalue weighted by Crippen LogP contribution is -2.34. The molecule has 14 heteroatoms. The molecule has 0 bridgehead atoms. The zero-order chi connectivity index (χ0) is 24.6. The Morgan fingerprint density at radius 1 is 1.03 bits per heavy atom. The van der Waals surface area contributed by atoms with Crippen molar-refractivity contribution in [3.8, 4) is 11.6 Å². The Morgan fingerprint density at radius 3 is 2.24 bits per heavy atom. The van der Waals surface area contributed by atoms with Gasteiger partial charge in [-0.3, -0.25) is 10.0 Å². The third kappa shape index (κ3) is 5.27. The number of amides is 1. The molecule has 2 aromatic carbocycles. The van der Waals surface area contributed by atoms with E-state index in [9.17, 15) is 35.2 Å². The number of hydrogen-bond acceptors (Lipinski definition) is 5. The molecule has 1 amide bonds. The van der Waals surface area contributed by atoms with Crippen molar-refractivity contribution >= 4 is 38.4 Å². The van der Waals surface area contributed by atoms with E-state index in [4.69, 9.17) is 9.47 Å². The maximum Gasteiger partial charge on any atom is 0.458 e. The first-order valence-corrected chi connectivity index (χ1v) is 10.8. The highest BCUT2D eigenvalue weighted by atomic mass is 32.2. The molecular formula is C19H16F5N3O5S. The summed E-state index contributed by atoms with van der Waals surface area (Å²) >= 11 is 0. The Kier molecular flexibility index (Phi) is 6.15. The first kappa shape index (κ1) is 24.1. The van der Waals surface area contributed by atoms with Gasteiger partial charge in [0.25, 0.3) is 0 Å². The first-order valence-electron chi connectivity index (χ1n) is 8.92. The number of aromatic amines is 1. The van der Waals surface area contributed by atoms with Gasteiger partial charge in [0.15, 0.2) is 5.75 Å². The third-order valence-corrected chi connectivity index (χ3v) is 4.84. The summed E-state index contributed by atoms with van der Waals surface area (Å²) in [5.41, 5.74) is -2.46. The van der Waals surface area contributed by atoms with Crippen LogP contribution in [0.15, 0.2) is 42.5 Å². The van der Waals surface area contributed by atoms with Crippen LogP contribution in [0.5, 0.6) is 11.6 Å². The molecule has 0 saturated heterocycles. The van der Waals surface area contributed by atoms with Crippen LogP contribution in [0.3, 0.4) is 0 Å². The molecule has 3 aromatic rings. The molecule has 0 aliphatic heterocycles. The Bertz CT molecular complexity index is 1270. The largest absolute Gasteiger partial charge is 0.492 e. The number of fused-ring (bicyclic) bond motifs is 1. The second kappa shape index (κ2) is 8.42. The van der Waals surface area contributed by atoms with E-state index in [0.29, 0.717) is 23.2 Å². The van der Waals surface area contributed by atoms with Crippen LogP contribution in [0.1, 0.15) is 5.56 Å². The highest BCUT2D eigenvalue weighted by molar-refractivity contribution is 7.92. The number of rotatable bonds is 6. The van der Waals surface area contributed by atoms with Crippen molar-refractivity contribution in [2.45, 2.75) is 12.1 Å². The van der Waals surface area contributed by atoms with Gasteiger partial charge in [-0.05, 0) is 18.2 Å². The molecule has 1 heterocycles. The fourth-order valence-electron chi connectivity index (χ4n) is 2.90. The van der Waals surface area contributed by atoms with Crippen LogP contribution >= 0.6 is 0 Å². The predicted molar refractivity (Wildman–Crippen MR) is 109 cm³/mol. The van der Waals surface area contributed by atoms with Crippen molar-refractivity contribution in [1.29, 1.82) is 0 Å². The van der Waals surface area contributed by atoms with E-state index in [2.05, 4.69) is 4.98 Å². The summed E-state index contributed by atoms with van der Waals surface area (Å²) in [6, 6.07) is 8.88. The van der Waals surface area contributed by atoms with Crippen molar-refractivity contribution in [2.24, 2.45) is 0 Å². The molecule has 0 spiro atoms. The van der Waals surface area contributed by atoms with Crippen LogP contribution < -0.4 is 19.5 Å². The molecule has 0 atom stereocenters. The Labute approximate surface area is 183 Å². The lowest BCUT2D eigenvalue weighted by molar-refractivity contribution is -0.289. The summed E-state index contributed by atoms with van der Waals surface area (Å²) in [6.07, 6.45) is -6.61. The second-order valence-electron chi connectivity index (χ2n) is 6.79. The number of aromatic nitrogens is 1. The maximum atomic E-state index is 14.0. The molecule has 1 aromatic heterocycles. The number of halogens is 5. The highest BCUT2D eigenvalue weighted by Crippen LogP contribution is 2.47.